The van der Waals surface area contributed by atoms with Gasteiger partial charge >= 0.3 is 12.1 Å². The van der Waals surface area contributed by atoms with E-state index in [9.17, 15) is 22.8 Å². The van der Waals surface area contributed by atoms with Crippen LogP contribution in [0.5, 0.6) is 0 Å². The lowest BCUT2D eigenvalue weighted by Crippen LogP contribution is -2.58. The molecule has 0 spiro atoms. The van der Waals surface area contributed by atoms with E-state index in [0.29, 0.717) is 0 Å². The molecule has 0 saturated heterocycles. The topological polar surface area (TPSA) is 64.6 Å². The lowest BCUT2D eigenvalue weighted by molar-refractivity contribution is -0.266. The number of carbonyl (C=O) groups excluding carboxylic acids is 2. The van der Waals surface area contributed by atoms with Gasteiger partial charge in [0.05, 0.1) is 7.11 Å². The molecule has 1 aromatic carbocycles. The zero-order valence-corrected chi connectivity index (χ0v) is 12.2. The first-order valence-electron chi connectivity index (χ1n) is 6.27. The molecule has 1 amide bonds. The summed E-state index contributed by atoms with van der Waals surface area (Å²) in [4.78, 5) is 23.5. The van der Waals surface area contributed by atoms with Crippen LogP contribution in [-0.2, 0) is 24.7 Å². The SMILES string of the molecule is COC(=O)[C@H](C)NC(=O)C(OC)(c1ccccc1)C(F)(F)F. The molecule has 0 aliphatic heterocycles. The van der Waals surface area contributed by atoms with Gasteiger partial charge in [0.25, 0.3) is 11.5 Å². The van der Waals surface area contributed by atoms with Gasteiger partial charge < -0.3 is 14.8 Å². The van der Waals surface area contributed by atoms with Crippen molar-refractivity contribution in [1.82, 2.24) is 5.32 Å². The molecule has 0 fully saturated rings. The molecule has 0 saturated carbocycles. The molecule has 8 heteroatoms. The van der Waals surface area contributed by atoms with Crippen molar-refractivity contribution in [2.24, 2.45) is 0 Å². The minimum atomic E-state index is -5.02. The van der Waals surface area contributed by atoms with E-state index in [1.807, 2.05) is 5.32 Å². The van der Waals surface area contributed by atoms with Crippen molar-refractivity contribution < 1.29 is 32.2 Å². The summed E-state index contributed by atoms with van der Waals surface area (Å²) >= 11 is 0. The van der Waals surface area contributed by atoms with Gasteiger partial charge in [-0.15, -0.1) is 0 Å². The third-order valence-electron chi connectivity index (χ3n) is 3.11. The summed E-state index contributed by atoms with van der Waals surface area (Å²) in [7, 11) is 1.85. The van der Waals surface area contributed by atoms with Crippen LogP contribution in [0.1, 0.15) is 12.5 Å². The van der Waals surface area contributed by atoms with Gasteiger partial charge in [-0.1, -0.05) is 30.3 Å². The molecule has 2 atom stereocenters. The smallest absolute Gasteiger partial charge is 0.430 e. The van der Waals surface area contributed by atoms with E-state index < -0.39 is 29.7 Å². The van der Waals surface area contributed by atoms with Gasteiger partial charge in [-0.25, -0.2) is 4.79 Å². The fraction of sp³-hybridized carbons (Fsp3) is 0.429. The Morgan fingerprint density at radius 2 is 1.68 bits per heavy atom. The van der Waals surface area contributed by atoms with Gasteiger partial charge in [0, 0.05) is 12.7 Å². The van der Waals surface area contributed by atoms with Crippen LogP contribution in [-0.4, -0.2) is 38.3 Å². The summed E-state index contributed by atoms with van der Waals surface area (Å²) in [6.45, 7) is 1.21. The maximum atomic E-state index is 13.5. The quantitative estimate of drug-likeness (QED) is 0.840. The van der Waals surface area contributed by atoms with Crippen LogP contribution in [0, 0.1) is 0 Å². The molecular weight excluding hydrogens is 303 g/mol. The van der Waals surface area contributed by atoms with Crippen LogP contribution < -0.4 is 5.32 Å². The zero-order valence-electron chi connectivity index (χ0n) is 12.2. The van der Waals surface area contributed by atoms with Gasteiger partial charge in [0.15, 0.2) is 0 Å². The molecule has 1 rings (SSSR count). The molecule has 5 nitrogen and oxygen atoms in total. The van der Waals surface area contributed by atoms with E-state index in [2.05, 4.69) is 9.47 Å². The number of alkyl halides is 3. The standard InChI is InChI=1S/C14H16F3NO4/c1-9(11(19)21-2)18-12(20)13(22-3,14(15,16)17)10-7-5-4-6-8-10/h4-9H,1-3H3,(H,18,20)/t9-,13?/m0/s1. The second-order valence-electron chi connectivity index (χ2n) is 4.47. The highest BCUT2D eigenvalue weighted by Gasteiger charge is 2.62. The van der Waals surface area contributed by atoms with E-state index in [1.165, 1.54) is 25.1 Å². The summed E-state index contributed by atoms with van der Waals surface area (Å²) in [5.74, 6) is -2.36. The van der Waals surface area contributed by atoms with Crippen molar-refractivity contribution in [2.75, 3.05) is 14.2 Å². The average molecular weight is 319 g/mol. The summed E-state index contributed by atoms with van der Waals surface area (Å²) in [6.07, 6.45) is -5.02. The average Bonchev–Trinajstić information content (AvgIpc) is 2.47. The second-order valence-corrected chi connectivity index (χ2v) is 4.47. The van der Waals surface area contributed by atoms with Crippen LogP contribution >= 0.6 is 0 Å². The third-order valence-corrected chi connectivity index (χ3v) is 3.11. The Morgan fingerprint density at radius 3 is 2.09 bits per heavy atom. The lowest BCUT2D eigenvalue weighted by Gasteiger charge is -2.33. The Hall–Kier alpha value is -2.09. The van der Waals surface area contributed by atoms with Crippen molar-refractivity contribution in [2.45, 2.75) is 24.7 Å². The molecule has 0 radical (unpaired) electrons. The van der Waals surface area contributed by atoms with Crippen LogP contribution in [0.4, 0.5) is 13.2 Å². The number of hydrogen-bond donors (Lipinski definition) is 1. The number of methoxy groups -OCH3 is 2. The molecule has 0 heterocycles. The van der Waals surface area contributed by atoms with Gasteiger partial charge in [-0.3, -0.25) is 4.79 Å². The molecule has 1 aromatic rings. The first-order valence-corrected chi connectivity index (χ1v) is 6.27. The third kappa shape index (κ3) is 3.22. The number of nitrogens with one attached hydrogen (secondary N) is 1. The first-order chi connectivity index (χ1) is 10.2. The Labute approximate surface area is 125 Å². The number of ether oxygens (including phenoxy) is 2. The molecule has 1 N–H and O–H groups in total. The molecule has 0 bridgehead atoms. The van der Waals surface area contributed by atoms with Crippen LogP contribution in [0.3, 0.4) is 0 Å². The molecule has 22 heavy (non-hydrogen) atoms. The molecule has 0 aromatic heterocycles. The fourth-order valence-electron chi connectivity index (χ4n) is 1.96. The fourth-order valence-corrected chi connectivity index (χ4v) is 1.96. The van der Waals surface area contributed by atoms with E-state index in [1.54, 1.807) is 0 Å². The maximum Gasteiger partial charge on any atom is 0.430 e. The number of benzene rings is 1. The van der Waals surface area contributed by atoms with Crippen LogP contribution in [0.15, 0.2) is 30.3 Å². The monoisotopic (exact) mass is 319 g/mol. The van der Waals surface area contributed by atoms with Gasteiger partial charge in [-0.2, -0.15) is 13.2 Å². The number of rotatable bonds is 5. The van der Waals surface area contributed by atoms with Crippen molar-refractivity contribution in [3.63, 3.8) is 0 Å². The number of halogens is 3. The largest absolute Gasteiger partial charge is 0.467 e. The highest BCUT2D eigenvalue weighted by Crippen LogP contribution is 2.42. The Balaban J connectivity index is 3.28. The minimum absolute atomic E-state index is 0.389. The molecular formula is C14H16F3NO4. The molecule has 0 aliphatic carbocycles. The van der Waals surface area contributed by atoms with Gasteiger partial charge in [0.2, 0.25) is 0 Å². The molecule has 0 aliphatic rings. The summed E-state index contributed by atoms with van der Waals surface area (Å²) in [5, 5.41) is 1.97. The number of esters is 1. The minimum Gasteiger partial charge on any atom is -0.467 e. The Bertz CT molecular complexity index is 533. The predicted molar refractivity (Wildman–Crippen MR) is 70.8 cm³/mol. The van der Waals surface area contributed by atoms with Crippen LogP contribution in [0.2, 0.25) is 0 Å². The molecule has 1 unspecified atom stereocenters. The maximum absolute atomic E-state index is 13.5. The number of carbonyl (C=O) groups is 2. The number of amides is 1. The van der Waals surface area contributed by atoms with Gasteiger partial charge in [0.1, 0.15) is 6.04 Å². The summed E-state index contributed by atoms with van der Waals surface area (Å²) in [6, 6.07) is 5.21. The Morgan fingerprint density at radius 1 is 1.14 bits per heavy atom. The van der Waals surface area contributed by atoms with Gasteiger partial charge in [-0.05, 0) is 6.92 Å². The summed E-state index contributed by atoms with van der Waals surface area (Å²) in [5.41, 5.74) is -3.60. The van der Waals surface area contributed by atoms with E-state index in [0.717, 1.165) is 26.4 Å². The highest BCUT2D eigenvalue weighted by molar-refractivity contribution is 5.91. The van der Waals surface area contributed by atoms with Crippen molar-refractivity contribution in [3.8, 4) is 0 Å². The summed E-state index contributed by atoms with van der Waals surface area (Å²) < 4.78 is 49.6. The second kappa shape index (κ2) is 6.78. The van der Waals surface area contributed by atoms with E-state index in [4.69, 9.17) is 0 Å². The molecule has 122 valence electrons. The predicted octanol–water partition coefficient (Wildman–Crippen LogP) is 1.77. The lowest BCUT2D eigenvalue weighted by atomic mass is 9.91. The van der Waals surface area contributed by atoms with Crippen molar-refractivity contribution in [3.05, 3.63) is 35.9 Å². The first kappa shape index (κ1) is 18.0. The van der Waals surface area contributed by atoms with Crippen LogP contribution in [0.25, 0.3) is 0 Å². The highest BCUT2D eigenvalue weighted by atomic mass is 19.4. The van der Waals surface area contributed by atoms with E-state index >= 15 is 0 Å². The van der Waals surface area contributed by atoms with Crippen molar-refractivity contribution in [1.29, 1.82) is 0 Å². The normalized spacial score (nSPS) is 15.5. The van der Waals surface area contributed by atoms with Crippen molar-refractivity contribution >= 4 is 11.9 Å². The van der Waals surface area contributed by atoms with E-state index in [-0.39, 0.29) is 5.56 Å². The Kier molecular flexibility index (Phi) is 5.54. The zero-order chi connectivity index (χ0) is 17.0. The number of hydrogen-bond acceptors (Lipinski definition) is 4.